The predicted molar refractivity (Wildman–Crippen MR) is 89.2 cm³/mol. The number of aliphatic imine (C=N–C) groups is 1. The van der Waals surface area contributed by atoms with Crippen molar-refractivity contribution in [1.29, 1.82) is 0 Å². The second-order valence-corrected chi connectivity index (χ2v) is 6.65. The van der Waals surface area contributed by atoms with E-state index in [1.54, 1.807) is 24.3 Å². The fourth-order valence-electron chi connectivity index (χ4n) is 4.05. The Morgan fingerprint density at radius 2 is 1.92 bits per heavy atom. The fraction of sp³-hybridized carbons (Fsp3) is 0.316. The van der Waals surface area contributed by atoms with Gasteiger partial charge >= 0.3 is 6.18 Å². The number of alkyl halides is 3. The van der Waals surface area contributed by atoms with Crippen molar-refractivity contribution in [3.8, 4) is 0 Å². The van der Waals surface area contributed by atoms with Gasteiger partial charge in [0.25, 0.3) is 0 Å². The molecule has 2 atom stereocenters. The largest absolute Gasteiger partial charge is 0.430 e. The molecule has 2 aliphatic rings. The molecule has 0 fully saturated rings. The molecule has 2 aromatic carbocycles. The summed E-state index contributed by atoms with van der Waals surface area (Å²) >= 11 is 0. The predicted octanol–water partition coefficient (Wildman–Crippen LogP) is 4.94. The molecule has 0 saturated carbocycles. The van der Waals surface area contributed by atoms with E-state index >= 15 is 0 Å². The van der Waals surface area contributed by atoms with Crippen LogP contribution in [0.2, 0.25) is 0 Å². The minimum absolute atomic E-state index is 0.299. The lowest BCUT2D eigenvalue weighted by molar-refractivity contribution is -0.0645. The van der Waals surface area contributed by atoms with Crippen molar-refractivity contribution in [2.24, 2.45) is 4.99 Å². The van der Waals surface area contributed by atoms with Crippen molar-refractivity contribution in [3.05, 3.63) is 59.2 Å². The van der Waals surface area contributed by atoms with E-state index in [9.17, 15) is 13.2 Å². The van der Waals surface area contributed by atoms with Gasteiger partial charge in [0.15, 0.2) is 0 Å². The molecule has 0 aliphatic carbocycles. The Hall–Kier alpha value is -2.30. The smallest absolute Gasteiger partial charge is 0.381 e. The van der Waals surface area contributed by atoms with E-state index in [1.165, 1.54) is 0 Å². The Morgan fingerprint density at radius 1 is 1.17 bits per heavy atom. The topological polar surface area (TPSA) is 24.4 Å². The van der Waals surface area contributed by atoms with Gasteiger partial charge in [0.1, 0.15) is 5.71 Å². The molecule has 4 rings (SSSR count). The van der Waals surface area contributed by atoms with Crippen LogP contribution >= 0.6 is 0 Å². The number of hydrogen-bond donors (Lipinski definition) is 1. The van der Waals surface area contributed by atoms with E-state index in [2.05, 4.69) is 10.3 Å². The third-order valence-corrected chi connectivity index (χ3v) is 5.15. The number of rotatable bonds is 0. The van der Waals surface area contributed by atoms with Crippen LogP contribution in [0.3, 0.4) is 0 Å². The summed E-state index contributed by atoms with van der Waals surface area (Å²) in [6.07, 6.45) is -4.18. The van der Waals surface area contributed by atoms with Gasteiger partial charge < -0.3 is 5.32 Å². The maximum Gasteiger partial charge on any atom is 0.430 e. The number of fused-ring (bicyclic) bond motifs is 3. The van der Waals surface area contributed by atoms with Crippen LogP contribution in [0.4, 0.5) is 24.5 Å². The van der Waals surface area contributed by atoms with E-state index in [0.717, 1.165) is 16.8 Å². The van der Waals surface area contributed by atoms with Crippen molar-refractivity contribution >= 4 is 17.1 Å². The van der Waals surface area contributed by atoms with Crippen molar-refractivity contribution in [3.63, 3.8) is 0 Å². The summed E-state index contributed by atoms with van der Waals surface area (Å²) in [4.78, 5) is 4.09. The highest BCUT2D eigenvalue weighted by molar-refractivity contribution is 6.05. The van der Waals surface area contributed by atoms with Crippen LogP contribution < -0.4 is 5.32 Å². The van der Waals surface area contributed by atoms with E-state index in [-0.39, 0.29) is 6.04 Å². The summed E-state index contributed by atoms with van der Waals surface area (Å²) in [7, 11) is 0. The Labute approximate surface area is 138 Å². The Morgan fingerprint density at radius 3 is 2.67 bits per heavy atom. The second kappa shape index (κ2) is 4.85. The lowest BCUT2D eigenvalue weighted by atomic mass is 9.67. The summed E-state index contributed by atoms with van der Waals surface area (Å²) in [6.45, 7) is 3.75. The summed E-state index contributed by atoms with van der Waals surface area (Å²) < 4.78 is 41.8. The number of halogens is 3. The average Bonchev–Trinajstić information content (AvgIpc) is 2.78. The van der Waals surface area contributed by atoms with Crippen molar-refractivity contribution in [1.82, 2.24) is 0 Å². The normalized spacial score (nSPS) is 25.0. The molecule has 1 N–H and O–H groups in total. The average molecular weight is 330 g/mol. The molecule has 0 saturated heterocycles. The number of hydrogen-bond acceptors (Lipinski definition) is 2. The van der Waals surface area contributed by atoms with Gasteiger partial charge in [0.05, 0.1) is 11.1 Å². The summed E-state index contributed by atoms with van der Waals surface area (Å²) in [5.74, 6) is 0. The molecular weight excluding hydrogens is 313 g/mol. The third-order valence-electron chi connectivity index (χ3n) is 5.15. The molecule has 1 spiro atoms. The monoisotopic (exact) mass is 330 g/mol. The van der Waals surface area contributed by atoms with E-state index in [1.807, 2.05) is 32.0 Å². The molecule has 2 nitrogen and oxygen atoms in total. The van der Waals surface area contributed by atoms with E-state index < -0.39 is 17.3 Å². The van der Waals surface area contributed by atoms with E-state index in [4.69, 9.17) is 0 Å². The van der Waals surface area contributed by atoms with Gasteiger partial charge in [-0.05, 0) is 43.5 Å². The van der Waals surface area contributed by atoms with Crippen LogP contribution in [0, 0.1) is 6.92 Å². The first-order chi connectivity index (χ1) is 11.3. The van der Waals surface area contributed by atoms with Gasteiger partial charge in [-0.25, -0.2) is 4.99 Å². The number of nitrogens with one attached hydrogen (secondary N) is 1. The summed E-state index contributed by atoms with van der Waals surface area (Å²) in [5.41, 5.74) is 1.88. The fourth-order valence-corrected chi connectivity index (χ4v) is 4.05. The SMILES string of the molecule is Cc1ccc2c(c1)CC1(C(C(F)(F)F)=N2)c2ccccc2NC1C. The van der Waals surface area contributed by atoms with Gasteiger partial charge in [-0.2, -0.15) is 13.2 Å². The first-order valence-corrected chi connectivity index (χ1v) is 7.94. The Kier molecular flexibility index (Phi) is 3.08. The molecule has 0 amide bonds. The highest BCUT2D eigenvalue weighted by Crippen LogP contribution is 2.51. The number of para-hydroxylation sites is 1. The molecule has 0 bridgehead atoms. The molecule has 2 aromatic rings. The summed E-state index contributed by atoms with van der Waals surface area (Å²) in [6, 6.07) is 12.3. The molecule has 0 aromatic heterocycles. The minimum Gasteiger partial charge on any atom is -0.381 e. The number of benzene rings is 2. The van der Waals surface area contributed by atoms with Gasteiger partial charge in [0, 0.05) is 11.7 Å². The molecule has 24 heavy (non-hydrogen) atoms. The van der Waals surface area contributed by atoms with Crippen molar-refractivity contribution in [2.45, 2.75) is 37.9 Å². The van der Waals surface area contributed by atoms with Crippen molar-refractivity contribution in [2.75, 3.05) is 5.32 Å². The van der Waals surface area contributed by atoms with Gasteiger partial charge in [-0.1, -0.05) is 35.9 Å². The number of anilines is 1. The standard InChI is InChI=1S/C19H17F3N2/c1-11-7-8-15-13(9-11)10-18(17(24-15)19(20,21)22)12(2)23-16-6-4-3-5-14(16)18/h3-9,12,23H,10H2,1-2H3. The highest BCUT2D eigenvalue weighted by atomic mass is 19.4. The quantitative estimate of drug-likeness (QED) is 0.727. The zero-order valence-electron chi connectivity index (χ0n) is 13.4. The first-order valence-electron chi connectivity index (χ1n) is 7.94. The maximum atomic E-state index is 13.9. The minimum atomic E-state index is -4.48. The zero-order chi connectivity index (χ0) is 17.1. The zero-order valence-corrected chi connectivity index (χ0v) is 13.4. The van der Waals surface area contributed by atoms with Gasteiger partial charge in [-0.15, -0.1) is 0 Å². The third kappa shape index (κ3) is 2.00. The first kappa shape index (κ1) is 15.2. The molecule has 5 heteroatoms. The highest BCUT2D eigenvalue weighted by Gasteiger charge is 2.58. The molecule has 124 valence electrons. The second-order valence-electron chi connectivity index (χ2n) is 6.65. The summed E-state index contributed by atoms with van der Waals surface area (Å²) in [5, 5.41) is 3.22. The number of nitrogens with zero attached hydrogens (tertiary/aromatic N) is 1. The maximum absolute atomic E-state index is 13.9. The van der Waals surface area contributed by atoms with E-state index in [0.29, 0.717) is 17.7 Å². The molecule has 0 radical (unpaired) electrons. The molecular formula is C19H17F3N2. The van der Waals surface area contributed by atoms with Gasteiger partial charge in [-0.3, -0.25) is 0 Å². The van der Waals surface area contributed by atoms with Crippen LogP contribution in [0.15, 0.2) is 47.5 Å². The Bertz CT molecular complexity index is 854. The van der Waals surface area contributed by atoms with Crippen LogP contribution in [0.1, 0.15) is 23.6 Å². The number of aryl methyl sites for hydroxylation is 1. The molecule has 2 heterocycles. The van der Waals surface area contributed by atoms with Crippen molar-refractivity contribution < 1.29 is 13.2 Å². The molecule has 2 unspecified atom stereocenters. The van der Waals surface area contributed by atoms with Crippen LogP contribution in [0.5, 0.6) is 0 Å². The van der Waals surface area contributed by atoms with Crippen LogP contribution in [-0.4, -0.2) is 17.9 Å². The lowest BCUT2D eigenvalue weighted by Gasteiger charge is -2.39. The Balaban J connectivity index is 2.01. The van der Waals surface area contributed by atoms with Crippen LogP contribution in [0.25, 0.3) is 0 Å². The van der Waals surface area contributed by atoms with Crippen LogP contribution in [-0.2, 0) is 11.8 Å². The molecule has 2 aliphatic heterocycles. The van der Waals surface area contributed by atoms with Gasteiger partial charge in [0.2, 0.25) is 0 Å². The lowest BCUT2D eigenvalue weighted by Crippen LogP contribution is -2.53.